The molecule has 1 aromatic rings. The first-order valence-corrected chi connectivity index (χ1v) is 3.08. The van der Waals surface area contributed by atoms with Crippen molar-refractivity contribution in [2.24, 2.45) is 0 Å². The first-order chi connectivity index (χ1) is 5.72. The Balaban J connectivity index is 2.71. The number of carboxylic acid groups (broad SMARTS) is 1. The summed E-state index contributed by atoms with van der Waals surface area (Å²) in [4.78, 5) is 17.5. The molecule has 0 bridgehead atoms. The fourth-order valence-corrected chi connectivity index (χ4v) is 0.610. The van der Waals surface area contributed by atoms with Gasteiger partial charge in [-0.25, -0.2) is 14.8 Å². The monoisotopic (exact) mass is 169 g/mol. The zero-order valence-corrected chi connectivity index (χ0v) is 6.31. The van der Waals surface area contributed by atoms with E-state index in [1.165, 1.54) is 19.5 Å². The predicted molar refractivity (Wildman–Crippen MR) is 40.2 cm³/mol. The van der Waals surface area contributed by atoms with Crippen molar-refractivity contribution >= 4 is 11.8 Å². The van der Waals surface area contributed by atoms with E-state index in [0.717, 1.165) is 0 Å². The lowest BCUT2D eigenvalue weighted by Crippen LogP contribution is -2.07. The van der Waals surface area contributed by atoms with E-state index in [1.807, 2.05) is 0 Å². The number of rotatable bonds is 2. The van der Waals surface area contributed by atoms with Crippen molar-refractivity contribution in [1.82, 2.24) is 9.97 Å². The highest BCUT2D eigenvalue weighted by Crippen LogP contribution is 2.05. The van der Waals surface area contributed by atoms with Crippen LogP contribution in [-0.2, 0) is 0 Å². The van der Waals surface area contributed by atoms with Crippen molar-refractivity contribution in [3.05, 3.63) is 12.4 Å². The second-order valence-electron chi connectivity index (χ2n) is 1.89. The van der Waals surface area contributed by atoms with E-state index in [0.29, 0.717) is 5.69 Å². The van der Waals surface area contributed by atoms with Crippen LogP contribution in [0.25, 0.3) is 0 Å². The average molecular weight is 169 g/mol. The van der Waals surface area contributed by atoms with E-state index in [2.05, 4.69) is 20.0 Å². The molecule has 0 fully saturated rings. The Morgan fingerprint density at radius 3 is 2.58 bits per heavy atom. The van der Waals surface area contributed by atoms with Crippen LogP contribution < -0.4 is 10.1 Å². The molecule has 1 amide bonds. The molecule has 2 N–H and O–H groups in total. The standard InChI is InChI=1S/C6H7N3O3/c1-12-5-7-2-4(3-8-5)9-6(10)11/h2-3,9H,1H3,(H,10,11). The van der Waals surface area contributed by atoms with E-state index in [1.54, 1.807) is 0 Å². The maximum Gasteiger partial charge on any atom is 0.409 e. The minimum absolute atomic E-state index is 0.200. The molecule has 0 unspecified atom stereocenters. The summed E-state index contributed by atoms with van der Waals surface area (Å²) in [6, 6.07) is 0.200. The third-order valence-corrected chi connectivity index (χ3v) is 1.06. The second kappa shape index (κ2) is 3.51. The largest absolute Gasteiger partial charge is 0.467 e. The van der Waals surface area contributed by atoms with Gasteiger partial charge in [0.2, 0.25) is 0 Å². The molecule has 0 aliphatic heterocycles. The van der Waals surface area contributed by atoms with Crippen molar-refractivity contribution in [3.63, 3.8) is 0 Å². The van der Waals surface area contributed by atoms with Gasteiger partial charge < -0.3 is 9.84 Å². The number of hydrogen-bond acceptors (Lipinski definition) is 4. The molecule has 1 heterocycles. The fourth-order valence-electron chi connectivity index (χ4n) is 0.610. The average Bonchev–Trinajstić information content (AvgIpc) is 2.05. The minimum atomic E-state index is -1.15. The van der Waals surface area contributed by atoms with Crippen LogP contribution in [0.3, 0.4) is 0 Å². The van der Waals surface area contributed by atoms with Crippen molar-refractivity contribution in [2.75, 3.05) is 12.4 Å². The topological polar surface area (TPSA) is 84.3 Å². The van der Waals surface area contributed by atoms with Crippen LogP contribution in [0.1, 0.15) is 0 Å². The van der Waals surface area contributed by atoms with Crippen LogP contribution in [0.5, 0.6) is 6.01 Å². The van der Waals surface area contributed by atoms with Crippen molar-refractivity contribution in [1.29, 1.82) is 0 Å². The molecule has 0 saturated heterocycles. The molecular weight excluding hydrogens is 162 g/mol. The van der Waals surface area contributed by atoms with E-state index in [9.17, 15) is 4.79 Å². The molecule has 0 saturated carbocycles. The van der Waals surface area contributed by atoms with Gasteiger partial charge in [0.1, 0.15) is 0 Å². The van der Waals surface area contributed by atoms with E-state index >= 15 is 0 Å². The minimum Gasteiger partial charge on any atom is -0.467 e. The number of carbonyl (C=O) groups is 1. The first kappa shape index (κ1) is 8.25. The molecule has 1 rings (SSSR count). The van der Waals surface area contributed by atoms with Crippen molar-refractivity contribution in [2.45, 2.75) is 0 Å². The van der Waals surface area contributed by atoms with Crippen LogP contribution in [0.15, 0.2) is 12.4 Å². The van der Waals surface area contributed by atoms with Crippen LogP contribution >= 0.6 is 0 Å². The molecule has 1 aromatic heterocycles. The predicted octanol–water partition coefficient (Wildman–Crippen LogP) is 0.575. The SMILES string of the molecule is COc1ncc(NC(=O)O)cn1. The zero-order chi connectivity index (χ0) is 8.97. The fraction of sp³-hybridized carbons (Fsp3) is 0.167. The van der Waals surface area contributed by atoms with Crippen LogP contribution in [-0.4, -0.2) is 28.3 Å². The highest BCUT2D eigenvalue weighted by atomic mass is 16.5. The number of amides is 1. The van der Waals surface area contributed by atoms with Gasteiger partial charge in [-0.15, -0.1) is 0 Å². The number of anilines is 1. The van der Waals surface area contributed by atoms with Gasteiger partial charge in [-0.3, -0.25) is 5.32 Å². The van der Waals surface area contributed by atoms with Crippen LogP contribution in [0, 0.1) is 0 Å². The van der Waals surface area contributed by atoms with E-state index < -0.39 is 6.09 Å². The third-order valence-electron chi connectivity index (χ3n) is 1.06. The molecule has 0 radical (unpaired) electrons. The molecule has 6 nitrogen and oxygen atoms in total. The molecule has 0 atom stereocenters. The van der Waals surface area contributed by atoms with Crippen LogP contribution in [0.2, 0.25) is 0 Å². The van der Waals surface area contributed by atoms with Gasteiger partial charge >= 0.3 is 12.1 Å². The highest BCUT2D eigenvalue weighted by Gasteiger charge is 1.98. The van der Waals surface area contributed by atoms with Gasteiger partial charge in [-0.05, 0) is 0 Å². The Morgan fingerprint density at radius 2 is 2.17 bits per heavy atom. The molecule has 64 valence electrons. The van der Waals surface area contributed by atoms with E-state index in [4.69, 9.17) is 5.11 Å². The Bertz CT molecular complexity index is 272. The molecule has 0 spiro atoms. The summed E-state index contributed by atoms with van der Waals surface area (Å²) in [6.45, 7) is 0. The Morgan fingerprint density at radius 1 is 1.58 bits per heavy atom. The number of methoxy groups -OCH3 is 1. The number of ether oxygens (including phenoxy) is 1. The maximum absolute atomic E-state index is 10.1. The summed E-state index contributed by atoms with van der Waals surface area (Å²) in [5, 5.41) is 10.4. The van der Waals surface area contributed by atoms with Gasteiger partial charge in [-0.1, -0.05) is 0 Å². The lowest BCUT2D eigenvalue weighted by atomic mass is 10.5. The van der Waals surface area contributed by atoms with E-state index in [-0.39, 0.29) is 6.01 Å². The normalized spacial score (nSPS) is 9.08. The zero-order valence-electron chi connectivity index (χ0n) is 6.31. The maximum atomic E-state index is 10.1. The smallest absolute Gasteiger partial charge is 0.409 e. The Hall–Kier alpha value is -1.85. The summed E-state index contributed by atoms with van der Waals surface area (Å²) >= 11 is 0. The van der Waals surface area contributed by atoms with Crippen molar-refractivity contribution in [3.8, 4) is 6.01 Å². The number of nitrogens with zero attached hydrogens (tertiary/aromatic N) is 2. The molecular formula is C6H7N3O3. The molecule has 12 heavy (non-hydrogen) atoms. The number of aromatic nitrogens is 2. The summed E-state index contributed by atoms with van der Waals surface area (Å²) in [6.07, 6.45) is 1.49. The lowest BCUT2D eigenvalue weighted by molar-refractivity contribution is 0.209. The lowest BCUT2D eigenvalue weighted by Gasteiger charge is -1.99. The van der Waals surface area contributed by atoms with Crippen LogP contribution in [0.4, 0.5) is 10.5 Å². The van der Waals surface area contributed by atoms with Gasteiger partial charge in [0.05, 0.1) is 25.2 Å². The molecule has 0 aliphatic rings. The summed E-state index contributed by atoms with van der Waals surface area (Å²) in [7, 11) is 1.43. The summed E-state index contributed by atoms with van der Waals surface area (Å²) in [5.74, 6) is 0. The van der Waals surface area contributed by atoms with Crippen molar-refractivity contribution < 1.29 is 14.6 Å². The second-order valence-corrected chi connectivity index (χ2v) is 1.89. The van der Waals surface area contributed by atoms with Gasteiger partial charge in [0.25, 0.3) is 0 Å². The van der Waals surface area contributed by atoms with Gasteiger partial charge in [0, 0.05) is 0 Å². The van der Waals surface area contributed by atoms with Gasteiger partial charge in [0.15, 0.2) is 0 Å². The molecule has 6 heteroatoms. The Labute approximate surface area is 68.2 Å². The third kappa shape index (κ3) is 2.08. The quantitative estimate of drug-likeness (QED) is 0.676. The highest BCUT2D eigenvalue weighted by molar-refractivity contribution is 5.82. The van der Waals surface area contributed by atoms with Gasteiger partial charge in [-0.2, -0.15) is 0 Å². The molecule has 0 aromatic carbocycles. The number of nitrogens with one attached hydrogen (secondary N) is 1. The first-order valence-electron chi connectivity index (χ1n) is 3.08. The Kier molecular flexibility index (Phi) is 2.42. The molecule has 0 aliphatic carbocycles. The summed E-state index contributed by atoms with van der Waals surface area (Å²) < 4.78 is 4.68. The summed E-state index contributed by atoms with van der Waals surface area (Å²) in [5.41, 5.74) is 0.309. The number of hydrogen-bond donors (Lipinski definition) is 2.